The maximum atomic E-state index is 3.71. The van der Waals surface area contributed by atoms with E-state index in [0.717, 1.165) is 0 Å². The van der Waals surface area contributed by atoms with Gasteiger partial charge in [0.15, 0.2) is 0 Å². The fraction of sp³-hybridized carbons (Fsp3) is 0.438. The molecule has 0 radical (unpaired) electrons. The van der Waals surface area contributed by atoms with Gasteiger partial charge in [0.2, 0.25) is 0 Å². The molecule has 3 aromatic carbocycles. The Labute approximate surface area is 223 Å². The van der Waals surface area contributed by atoms with Crippen molar-refractivity contribution in [1.82, 2.24) is 9.97 Å². The van der Waals surface area contributed by atoms with Gasteiger partial charge in [-0.15, -0.1) is 22.7 Å². The molecule has 190 valence electrons. The van der Waals surface area contributed by atoms with Crippen LogP contribution in [0, 0.1) is 0 Å². The summed E-state index contributed by atoms with van der Waals surface area (Å²) in [4.78, 5) is 7.43. The molecule has 0 atom stereocenters. The first-order chi connectivity index (χ1) is 17.2. The number of hydrogen-bond acceptors (Lipinski definition) is 2. The monoisotopic (exact) mass is 516 g/mol. The number of H-pyrrole nitrogens is 2. The Morgan fingerprint density at radius 2 is 0.972 bits per heavy atom. The topological polar surface area (TPSA) is 31.6 Å². The molecule has 2 aromatic heterocycles. The zero-order valence-electron chi connectivity index (χ0n) is 22.7. The Morgan fingerprint density at radius 3 is 1.39 bits per heavy atom. The van der Waals surface area contributed by atoms with E-state index in [1.165, 1.54) is 90.5 Å². The molecule has 2 heterocycles. The Morgan fingerprint density at radius 1 is 0.556 bits per heavy atom. The van der Waals surface area contributed by atoms with Gasteiger partial charge >= 0.3 is 0 Å². The Bertz CT molecular complexity index is 1450. The molecular weight excluding hydrogens is 477 g/mol. The summed E-state index contributed by atoms with van der Waals surface area (Å²) in [6.45, 7) is 14.1. The summed E-state index contributed by atoms with van der Waals surface area (Å²) in [5.41, 5.74) is 8.09. The normalized spacial score (nSPS) is 12.8. The van der Waals surface area contributed by atoms with E-state index in [4.69, 9.17) is 0 Å². The van der Waals surface area contributed by atoms with Crippen LogP contribution in [0.2, 0.25) is 0 Å². The van der Waals surface area contributed by atoms with Crippen LogP contribution in [0.4, 0.5) is 0 Å². The molecule has 5 aromatic rings. The number of hydrogen-bond donors (Lipinski definition) is 2. The van der Waals surface area contributed by atoms with Crippen LogP contribution in [-0.2, 0) is 10.8 Å². The molecule has 2 nitrogen and oxygen atoms in total. The molecule has 0 aliphatic rings. The average molecular weight is 517 g/mol. The predicted molar refractivity (Wildman–Crippen MR) is 164 cm³/mol. The number of unbranched alkanes of at least 4 members (excludes halogenated alkanes) is 2. The average Bonchev–Trinajstić information content (AvgIpc) is 2.86. The summed E-state index contributed by atoms with van der Waals surface area (Å²) >= 11 is 3.81. The third-order valence-electron chi connectivity index (χ3n) is 7.90. The summed E-state index contributed by atoms with van der Waals surface area (Å²) in [5.74, 6) is 0. The molecule has 4 heteroatoms. The van der Waals surface area contributed by atoms with Crippen molar-refractivity contribution in [3.05, 3.63) is 59.7 Å². The van der Waals surface area contributed by atoms with Crippen LogP contribution in [-0.4, -0.2) is 9.97 Å². The third-order valence-corrected chi connectivity index (χ3v) is 10.1. The summed E-state index contributed by atoms with van der Waals surface area (Å²) in [6.07, 6.45) is 7.49. The first-order valence-corrected chi connectivity index (χ1v) is 15.2. The summed E-state index contributed by atoms with van der Waals surface area (Å²) in [5, 5.41) is 0. The van der Waals surface area contributed by atoms with Crippen molar-refractivity contribution in [3.63, 3.8) is 0 Å². The van der Waals surface area contributed by atoms with E-state index in [9.17, 15) is 0 Å². The summed E-state index contributed by atoms with van der Waals surface area (Å²) in [6, 6.07) is 18.7. The lowest BCUT2D eigenvalue weighted by Gasteiger charge is -2.25. The lowest BCUT2D eigenvalue weighted by molar-refractivity contribution is 0.458. The minimum Gasteiger partial charge on any atom is -0.353 e. The van der Waals surface area contributed by atoms with Crippen LogP contribution in [0.15, 0.2) is 48.5 Å². The Balaban J connectivity index is 1.59. The van der Waals surface area contributed by atoms with E-state index < -0.39 is 0 Å². The van der Waals surface area contributed by atoms with Gasteiger partial charge in [0, 0.05) is 0 Å². The predicted octanol–water partition coefficient (Wildman–Crippen LogP) is 11.1. The largest absolute Gasteiger partial charge is 0.353 e. The van der Waals surface area contributed by atoms with Crippen LogP contribution in [0.25, 0.3) is 40.9 Å². The van der Waals surface area contributed by atoms with E-state index >= 15 is 0 Å². The van der Waals surface area contributed by atoms with E-state index in [0.29, 0.717) is 0 Å². The third kappa shape index (κ3) is 4.95. The molecule has 5 rings (SSSR count). The van der Waals surface area contributed by atoms with Crippen molar-refractivity contribution in [2.75, 3.05) is 0 Å². The standard InChI is InChI=1S/C32H40N2S2/c1-7-9-15-31(3,4)21-11-13-23-27(17-21)35-29-20-30-26(19-25(29)33-23)34-24-14-12-22(18-28(24)36-30)32(5,6)16-10-8-2/h11-14,17-20,33-34H,7-10,15-16H2,1-6H3. The number of aromatic nitrogens is 2. The van der Waals surface area contributed by atoms with E-state index in [1.54, 1.807) is 0 Å². The van der Waals surface area contributed by atoms with Crippen molar-refractivity contribution in [2.45, 2.75) is 90.9 Å². The molecule has 0 aliphatic heterocycles. The van der Waals surface area contributed by atoms with Gasteiger partial charge in [0.25, 0.3) is 0 Å². The summed E-state index contributed by atoms with van der Waals surface area (Å²) < 4.78 is 5.28. The van der Waals surface area contributed by atoms with Gasteiger partial charge in [0.1, 0.15) is 0 Å². The second-order valence-corrected chi connectivity index (χ2v) is 13.9. The van der Waals surface area contributed by atoms with Crippen LogP contribution in [0.3, 0.4) is 0 Å². The molecule has 36 heavy (non-hydrogen) atoms. The van der Waals surface area contributed by atoms with E-state index in [2.05, 4.69) is 100 Å². The SMILES string of the molecule is CCCCC(C)(C)c1ccc2[nH]c3cc4[nH]c5ccc(C(C)(C)CCCC)cc5sc4cc3sc2c1. The molecular formula is C32H40N2S2. The molecule has 0 saturated heterocycles. The van der Waals surface area contributed by atoms with Gasteiger partial charge < -0.3 is 9.97 Å². The van der Waals surface area contributed by atoms with Gasteiger partial charge in [-0.3, -0.25) is 0 Å². The van der Waals surface area contributed by atoms with Crippen molar-refractivity contribution in [2.24, 2.45) is 0 Å². The molecule has 2 N–H and O–H groups in total. The second kappa shape index (κ2) is 9.87. The quantitative estimate of drug-likeness (QED) is 0.192. The van der Waals surface area contributed by atoms with Gasteiger partial charge in [-0.2, -0.15) is 0 Å². The minimum atomic E-state index is 0.202. The number of nitrogens with one attached hydrogen (secondary N) is 2. The number of fused-ring (bicyclic) bond motifs is 4. The maximum Gasteiger partial charge on any atom is 0.0581 e. The smallest absolute Gasteiger partial charge is 0.0581 e. The van der Waals surface area contributed by atoms with Crippen LogP contribution in [0.1, 0.15) is 91.2 Å². The minimum absolute atomic E-state index is 0.202. The number of benzene rings is 3. The van der Waals surface area contributed by atoms with Gasteiger partial charge in [-0.25, -0.2) is 0 Å². The first kappa shape index (κ1) is 25.4. The van der Waals surface area contributed by atoms with Crippen LogP contribution in [0.5, 0.6) is 0 Å². The summed E-state index contributed by atoms with van der Waals surface area (Å²) in [7, 11) is 0. The highest BCUT2D eigenvalue weighted by Gasteiger charge is 2.21. The van der Waals surface area contributed by atoms with Gasteiger partial charge in [-0.05, 0) is 71.2 Å². The van der Waals surface area contributed by atoms with Crippen molar-refractivity contribution >= 4 is 63.5 Å². The zero-order valence-corrected chi connectivity index (χ0v) is 24.3. The van der Waals surface area contributed by atoms with Crippen LogP contribution < -0.4 is 0 Å². The van der Waals surface area contributed by atoms with Gasteiger partial charge in [-0.1, -0.05) is 79.4 Å². The first-order valence-electron chi connectivity index (χ1n) is 13.6. The van der Waals surface area contributed by atoms with Crippen molar-refractivity contribution in [3.8, 4) is 0 Å². The number of aromatic amines is 2. The fourth-order valence-electron chi connectivity index (χ4n) is 5.24. The lowest BCUT2D eigenvalue weighted by atomic mass is 9.80. The fourth-order valence-corrected chi connectivity index (χ4v) is 7.41. The second-order valence-electron chi connectivity index (χ2n) is 11.7. The molecule has 0 spiro atoms. The Hall–Kier alpha value is -2.30. The molecule has 0 fully saturated rings. The molecule has 0 bridgehead atoms. The molecule has 0 amide bonds. The zero-order chi connectivity index (χ0) is 25.5. The van der Waals surface area contributed by atoms with E-state index in [1.807, 2.05) is 22.7 Å². The van der Waals surface area contributed by atoms with Gasteiger partial charge in [0.05, 0.1) is 40.9 Å². The maximum absolute atomic E-state index is 3.71. The highest BCUT2D eigenvalue weighted by atomic mass is 32.1. The lowest BCUT2D eigenvalue weighted by Crippen LogP contribution is -2.16. The number of rotatable bonds is 8. The Kier molecular flexibility index (Phi) is 6.95. The van der Waals surface area contributed by atoms with Crippen molar-refractivity contribution < 1.29 is 0 Å². The molecule has 0 aliphatic carbocycles. The van der Waals surface area contributed by atoms with E-state index in [-0.39, 0.29) is 10.8 Å². The molecule has 0 unspecified atom stereocenters. The highest BCUT2D eigenvalue weighted by molar-refractivity contribution is 7.26. The van der Waals surface area contributed by atoms with Crippen LogP contribution >= 0.6 is 22.7 Å². The molecule has 0 saturated carbocycles. The highest BCUT2D eigenvalue weighted by Crippen LogP contribution is 2.37. The van der Waals surface area contributed by atoms with Crippen molar-refractivity contribution in [1.29, 1.82) is 0 Å².